The molecule has 1 aliphatic rings. The van der Waals surface area contributed by atoms with Gasteiger partial charge in [0.25, 0.3) is 0 Å². The number of nitrogens with zero attached hydrogens (tertiary/aromatic N) is 2. The van der Waals surface area contributed by atoms with Crippen molar-refractivity contribution in [3.8, 4) is 0 Å². The molecule has 1 aromatic heterocycles. The fourth-order valence-corrected chi connectivity index (χ4v) is 3.01. The van der Waals surface area contributed by atoms with E-state index >= 15 is 0 Å². The third-order valence-corrected chi connectivity index (χ3v) is 4.48. The Morgan fingerprint density at radius 2 is 1.91 bits per heavy atom. The molecule has 0 unspecified atom stereocenters. The second-order valence-electron chi connectivity index (χ2n) is 6.13. The van der Waals surface area contributed by atoms with Gasteiger partial charge in [-0.1, -0.05) is 18.2 Å². The monoisotopic (exact) mass is 299 g/mol. The fourth-order valence-electron chi connectivity index (χ4n) is 3.01. The third-order valence-electron chi connectivity index (χ3n) is 4.48. The topological polar surface area (TPSA) is 40.4 Å². The zero-order chi connectivity index (χ0) is 15.4. The lowest BCUT2D eigenvalue weighted by Gasteiger charge is -2.30. The van der Waals surface area contributed by atoms with Crippen LogP contribution in [0.1, 0.15) is 24.1 Å². The molecule has 1 saturated heterocycles. The summed E-state index contributed by atoms with van der Waals surface area (Å²) in [5.41, 5.74) is 3.80. The molecule has 1 aromatic carbocycles. The molecule has 1 aliphatic heterocycles. The number of aliphatic hydroxyl groups is 1. The van der Waals surface area contributed by atoms with E-state index < -0.39 is 0 Å². The van der Waals surface area contributed by atoms with Crippen LogP contribution in [-0.4, -0.2) is 33.8 Å². The van der Waals surface area contributed by atoms with Crippen molar-refractivity contribution in [3.63, 3.8) is 0 Å². The Morgan fingerprint density at radius 3 is 2.64 bits per heavy atom. The van der Waals surface area contributed by atoms with Crippen LogP contribution in [0.4, 0.5) is 5.69 Å². The molecule has 4 nitrogen and oxygen atoms in total. The van der Waals surface area contributed by atoms with Crippen LogP contribution in [0.15, 0.2) is 42.6 Å². The van der Waals surface area contributed by atoms with Gasteiger partial charge in [-0.15, -0.1) is 0 Å². The normalized spacial score (nSPS) is 16.8. The standard InChI is InChI=1S/C18H25N3O/c1-20-10-4-6-16(20)13-19-18-7-3-2-5-15(18)14-21-11-8-17(22)9-12-21/h2-7,10,17,19,22H,8-9,11-14H2,1H3. The highest BCUT2D eigenvalue weighted by Crippen LogP contribution is 2.20. The van der Waals surface area contributed by atoms with E-state index in [1.807, 2.05) is 0 Å². The zero-order valence-corrected chi connectivity index (χ0v) is 13.2. The Balaban J connectivity index is 1.63. The van der Waals surface area contributed by atoms with Crippen molar-refractivity contribution in [2.75, 3.05) is 18.4 Å². The van der Waals surface area contributed by atoms with Crippen LogP contribution in [-0.2, 0) is 20.1 Å². The van der Waals surface area contributed by atoms with Crippen molar-refractivity contribution < 1.29 is 5.11 Å². The van der Waals surface area contributed by atoms with Gasteiger partial charge in [-0.05, 0) is 36.6 Å². The minimum Gasteiger partial charge on any atom is -0.393 e. The Hall–Kier alpha value is -1.78. The molecule has 0 spiro atoms. The maximum Gasteiger partial charge on any atom is 0.0564 e. The molecule has 2 heterocycles. The number of piperidine rings is 1. The van der Waals surface area contributed by atoms with Gasteiger partial charge in [0.05, 0.1) is 12.6 Å². The summed E-state index contributed by atoms with van der Waals surface area (Å²) in [6.07, 6.45) is 3.74. The first-order chi connectivity index (χ1) is 10.7. The molecule has 2 N–H and O–H groups in total. The van der Waals surface area contributed by atoms with E-state index in [2.05, 4.69) is 64.4 Å². The molecule has 2 aromatic rings. The molecular weight excluding hydrogens is 274 g/mol. The quantitative estimate of drug-likeness (QED) is 0.891. The van der Waals surface area contributed by atoms with Crippen molar-refractivity contribution in [1.29, 1.82) is 0 Å². The van der Waals surface area contributed by atoms with Gasteiger partial charge in [0.15, 0.2) is 0 Å². The van der Waals surface area contributed by atoms with Crippen LogP contribution >= 0.6 is 0 Å². The van der Waals surface area contributed by atoms with Crippen molar-refractivity contribution in [1.82, 2.24) is 9.47 Å². The smallest absolute Gasteiger partial charge is 0.0564 e. The molecule has 0 saturated carbocycles. The minimum absolute atomic E-state index is 0.109. The lowest BCUT2D eigenvalue weighted by atomic mass is 10.1. The SMILES string of the molecule is Cn1cccc1CNc1ccccc1CN1CCC(O)CC1. The Morgan fingerprint density at radius 1 is 1.14 bits per heavy atom. The highest BCUT2D eigenvalue weighted by atomic mass is 16.3. The van der Waals surface area contributed by atoms with E-state index in [9.17, 15) is 5.11 Å². The molecule has 1 fully saturated rings. The Labute approximate surface area is 132 Å². The number of anilines is 1. The molecule has 0 radical (unpaired) electrons. The Kier molecular flexibility index (Phi) is 4.80. The first-order valence-electron chi connectivity index (χ1n) is 8.05. The number of benzene rings is 1. The van der Waals surface area contributed by atoms with Gasteiger partial charge >= 0.3 is 0 Å². The number of nitrogens with one attached hydrogen (secondary N) is 1. The maximum absolute atomic E-state index is 9.62. The van der Waals surface area contributed by atoms with Gasteiger partial charge in [-0.25, -0.2) is 0 Å². The number of aromatic nitrogens is 1. The summed E-state index contributed by atoms with van der Waals surface area (Å²) in [6.45, 7) is 3.74. The van der Waals surface area contributed by atoms with Gasteiger partial charge in [-0.2, -0.15) is 0 Å². The number of para-hydroxylation sites is 1. The van der Waals surface area contributed by atoms with E-state index in [-0.39, 0.29) is 6.10 Å². The molecule has 22 heavy (non-hydrogen) atoms. The van der Waals surface area contributed by atoms with Crippen LogP contribution < -0.4 is 5.32 Å². The van der Waals surface area contributed by atoms with Crippen LogP contribution in [0.25, 0.3) is 0 Å². The molecule has 3 rings (SSSR count). The second-order valence-corrected chi connectivity index (χ2v) is 6.13. The summed E-state index contributed by atoms with van der Waals surface area (Å²) < 4.78 is 2.14. The zero-order valence-electron chi connectivity index (χ0n) is 13.2. The van der Waals surface area contributed by atoms with Crippen molar-refractivity contribution >= 4 is 5.69 Å². The lowest BCUT2D eigenvalue weighted by molar-refractivity contribution is 0.0793. The van der Waals surface area contributed by atoms with E-state index in [1.165, 1.54) is 16.9 Å². The van der Waals surface area contributed by atoms with Crippen molar-refractivity contribution in [2.24, 2.45) is 7.05 Å². The average Bonchev–Trinajstić information content (AvgIpc) is 2.94. The summed E-state index contributed by atoms with van der Waals surface area (Å²) in [5.74, 6) is 0. The van der Waals surface area contributed by atoms with Gasteiger partial charge < -0.3 is 15.0 Å². The Bertz CT molecular complexity index is 600. The summed E-state index contributed by atoms with van der Waals surface area (Å²) in [6, 6.07) is 12.7. The van der Waals surface area contributed by atoms with Crippen LogP contribution in [0.2, 0.25) is 0 Å². The predicted octanol–water partition coefficient (Wildman–Crippen LogP) is 2.59. The van der Waals surface area contributed by atoms with E-state index in [0.717, 1.165) is 39.0 Å². The van der Waals surface area contributed by atoms with Crippen LogP contribution in [0, 0.1) is 0 Å². The highest BCUT2D eigenvalue weighted by molar-refractivity contribution is 5.51. The van der Waals surface area contributed by atoms with Crippen LogP contribution in [0.3, 0.4) is 0 Å². The molecule has 4 heteroatoms. The van der Waals surface area contributed by atoms with Gasteiger partial charge in [0, 0.05) is 44.3 Å². The predicted molar refractivity (Wildman–Crippen MR) is 89.7 cm³/mol. The lowest BCUT2D eigenvalue weighted by Crippen LogP contribution is -2.35. The molecule has 0 amide bonds. The first kappa shape index (κ1) is 15.1. The molecule has 0 bridgehead atoms. The molecule has 0 aliphatic carbocycles. The second kappa shape index (κ2) is 6.99. The third kappa shape index (κ3) is 3.70. The van der Waals surface area contributed by atoms with Crippen molar-refractivity contribution in [3.05, 3.63) is 53.9 Å². The fraction of sp³-hybridized carbons (Fsp3) is 0.444. The highest BCUT2D eigenvalue weighted by Gasteiger charge is 2.17. The minimum atomic E-state index is -0.109. The van der Waals surface area contributed by atoms with Crippen LogP contribution in [0.5, 0.6) is 0 Å². The molecule has 118 valence electrons. The average molecular weight is 299 g/mol. The molecule has 0 atom stereocenters. The van der Waals surface area contributed by atoms with Gasteiger partial charge in [0.1, 0.15) is 0 Å². The van der Waals surface area contributed by atoms with E-state index in [0.29, 0.717) is 0 Å². The molecular formula is C18H25N3O. The number of aliphatic hydroxyl groups excluding tert-OH is 1. The van der Waals surface area contributed by atoms with Gasteiger partial charge in [0.2, 0.25) is 0 Å². The number of likely N-dealkylation sites (tertiary alicyclic amines) is 1. The summed E-state index contributed by atoms with van der Waals surface area (Å²) in [7, 11) is 2.07. The first-order valence-corrected chi connectivity index (χ1v) is 8.05. The maximum atomic E-state index is 9.62. The number of hydrogen-bond acceptors (Lipinski definition) is 3. The summed E-state index contributed by atoms with van der Waals surface area (Å²) in [5, 5.41) is 13.2. The van der Waals surface area contributed by atoms with E-state index in [4.69, 9.17) is 0 Å². The van der Waals surface area contributed by atoms with E-state index in [1.54, 1.807) is 0 Å². The summed E-state index contributed by atoms with van der Waals surface area (Å²) >= 11 is 0. The number of hydrogen-bond donors (Lipinski definition) is 2. The largest absolute Gasteiger partial charge is 0.393 e. The van der Waals surface area contributed by atoms with Crippen molar-refractivity contribution in [2.45, 2.75) is 32.0 Å². The van der Waals surface area contributed by atoms with Gasteiger partial charge in [-0.3, -0.25) is 4.90 Å². The number of rotatable bonds is 5. The number of aryl methyl sites for hydroxylation is 1. The summed E-state index contributed by atoms with van der Waals surface area (Å²) in [4.78, 5) is 2.43.